The summed E-state index contributed by atoms with van der Waals surface area (Å²) in [6.45, 7) is 0.599. The van der Waals surface area contributed by atoms with Crippen LogP contribution in [0.2, 0.25) is 0 Å². The molecule has 3 N–H and O–H groups in total. The van der Waals surface area contributed by atoms with Gasteiger partial charge in [0.1, 0.15) is 0 Å². The van der Waals surface area contributed by atoms with Crippen molar-refractivity contribution in [3.8, 4) is 0 Å². The zero-order valence-electron chi connectivity index (χ0n) is 8.81. The number of anilines is 2. The average Bonchev–Trinajstić information content (AvgIpc) is 2.63. The van der Waals surface area contributed by atoms with Gasteiger partial charge in [0.25, 0.3) is 0 Å². The Morgan fingerprint density at radius 2 is 2.19 bits per heavy atom. The zero-order chi connectivity index (χ0) is 11.5. The smallest absolute Gasteiger partial charge is 0.243 e. The summed E-state index contributed by atoms with van der Waals surface area (Å²) < 4.78 is 2.70. The maximum Gasteiger partial charge on any atom is 0.243 e. The van der Waals surface area contributed by atoms with Crippen LogP contribution in [0, 0.1) is 0 Å². The number of hydrogen-bond donors (Lipinski definition) is 2. The molecule has 0 saturated heterocycles. The molecule has 0 aliphatic carbocycles. The van der Waals surface area contributed by atoms with E-state index in [1.54, 1.807) is 11.7 Å². The highest BCUT2D eigenvalue weighted by Crippen LogP contribution is 2.18. The van der Waals surface area contributed by atoms with Crippen LogP contribution < -0.4 is 11.1 Å². The summed E-state index contributed by atoms with van der Waals surface area (Å²) in [4.78, 5) is 4.06. The standard InChI is InChI=1S/C10H12BrN5/c1-13-10-14-9(12)16(15-10)6-7-4-2-3-5-8(7)11/h2-5H,6H2,1H3,(H3,12,13,14,15). The zero-order valence-corrected chi connectivity index (χ0v) is 10.4. The van der Waals surface area contributed by atoms with Crippen molar-refractivity contribution < 1.29 is 0 Å². The van der Waals surface area contributed by atoms with Gasteiger partial charge in [0.15, 0.2) is 0 Å². The van der Waals surface area contributed by atoms with Crippen LogP contribution in [0.25, 0.3) is 0 Å². The number of nitrogens with two attached hydrogens (primary N) is 1. The van der Waals surface area contributed by atoms with E-state index in [4.69, 9.17) is 5.73 Å². The van der Waals surface area contributed by atoms with E-state index in [-0.39, 0.29) is 0 Å². The number of nitrogen functional groups attached to an aromatic ring is 1. The molecule has 5 nitrogen and oxygen atoms in total. The predicted octanol–water partition coefficient (Wildman–Crippen LogP) is 1.71. The minimum absolute atomic E-state index is 0.403. The van der Waals surface area contributed by atoms with E-state index >= 15 is 0 Å². The molecule has 84 valence electrons. The Balaban J connectivity index is 2.27. The molecule has 0 amide bonds. The van der Waals surface area contributed by atoms with Gasteiger partial charge in [0, 0.05) is 11.5 Å². The minimum Gasteiger partial charge on any atom is -0.368 e. The summed E-state index contributed by atoms with van der Waals surface area (Å²) in [5, 5.41) is 7.07. The molecule has 1 aromatic carbocycles. The molecule has 2 rings (SSSR count). The van der Waals surface area contributed by atoms with Gasteiger partial charge in [0.2, 0.25) is 11.9 Å². The molecule has 0 aliphatic rings. The van der Waals surface area contributed by atoms with Crippen LogP contribution in [0.3, 0.4) is 0 Å². The molecule has 0 unspecified atom stereocenters. The molecule has 0 fully saturated rings. The number of hydrogen-bond acceptors (Lipinski definition) is 4. The Bertz CT molecular complexity index is 494. The third-order valence-corrected chi connectivity index (χ3v) is 2.98. The first-order chi connectivity index (χ1) is 7.70. The lowest BCUT2D eigenvalue weighted by Gasteiger charge is -2.04. The first-order valence-electron chi connectivity index (χ1n) is 4.82. The molecule has 1 aromatic heterocycles. The Morgan fingerprint density at radius 3 is 2.81 bits per heavy atom. The van der Waals surface area contributed by atoms with Gasteiger partial charge in [-0.1, -0.05) is 34.1 Å². The predicted molar refractivity (Wildman–Crippen MR) is 67.2 cm³/mol. The number of halogens is 1. The Morgan fingerprint density at radius 1 is 1.44 bits per heavy atom. The van der Waals surface area contributed by atoms with Crippen molar-refractivity contribution in [1.29, 1.82) is 0 Å². The van der Waals surface area contributed by atoms with E-state index in [1.165, 1.54) is 0 Å². The third-order valence-electron chi connectivity index (χ3n) is 2.20. The molecular formula is C10H12BrN5. The van der Waals surface area contributed by atoms with Crippen molar-refractivity contribution in [1.82, 2.24) is 14.8 Å². The van der Waals surface area contributed by atoms with Crippen LogP contribution in [0.1, 0.15) is 5.56 Å². The normalized spacial score (nSPS) is 10.4. The average molecular weight is 282 g/mol. The van der Waals surface area contributed by atoms with Crippen molar-refractivity contribution in [2.45, 2.75) is 6.54 Å². The van der Waals surface area contributed by atoms with Gasteiger partial charge in [0.05, 0.1) is 6.54 Å². The Kier molecular flexibility index (Phi) is 3.09. The maximum atomic E-state index is 5.75. The lowest BCUT2D eigenvalue weighted by atomic mass is 10.2. The van der Waals surface area contributed by atoms with Gasteiger partial charge in [-0.25, -0.2) is 4.68 Å². The molecule has 0 saturated carbocycles. The molecule has 0 aliphatic heterocycles. The fourth-order valence-electron chi connectivity index (χ4n) is 1.36. The van der Waals surface area contributed by atoms with Gasteiger partial charge < -0.3 is 11.1 Å². The van der Waals surface area contributed by atoms with Gasteiger partial charge >= 0.3 is 0 Å². The molecule has 16 heavy (non-hydrogen) atoms. The van der Waals surface area contributed by atoms with Crippen molar-refractivity contribution in [3.05, 3.63) is 34.3 Å². The van der Waals surface area contributed by atoms with Crippen LogP contribution in [-0.2, 0) is 6.54 Å². The summed E-state index contributed by atoms with van der Waals surface area (Å²) in [5.41, 5.74) is 6.86. The number of aromatic nitrogens is 3. The van der Waals surface area contributed by atoms with E-state index in [9.17, 15) is 0 Å². The second kappa shape index (κ2) is 4.52. The van der Waals surface area contributed by atoms with Gasteiger partial charge in [-0.15, -0.1) is 5.10 Å². The number of rotatable bonds is 3. The molecule has 6 heteroatoms. The number of nitrogens with zero attached hydrogens (tertiary/aromatic N) is 3. The second-order valence-electron chi connectivity index (χ2n) is 3.29. The van der Waals surface area contributed by atoms with E-state index in [0.717, 1.165) is 10.0 Å². The van der Waals surface area contributed by atoms with E-state index in [2.05, 4.69) is 31.3 Å². The molecule has 0 spiro atoms. The fraction of sp³-hybridized carbons (Fsp3) is 0.200. The van der Waals surface area contributed by atoms with E-state index in [1.807, 2.05) is 24.3 Å². The topological polar surface area (TPSA) is 68.8 Å². The first-order valence-corrected chi connectivity index (χ1v) is 5.61. The highest BCUT2D eigenvalue weighted by Gasteiger charge is 2.07. The van der Waals surface area contributed by atoms with Crippen LogP contribution in [0.4, 0.5) is 11.9 Å². The molecule has 0 bridgehead atoms. The largest absolute Gasteiger partial charge is 0.368 e. The monoisotopic (exact) mass is 281 g/mol. The van der Waals surface area contributed by atoms with E-state index < -0.39 is 0 Å². The molecule has 1 heterocycles. The van der Waals surface area contributed by atoms with Crippen molar-refractivity contribution in [3.63, 3.8) is 0 Å². The van der Waals surface area contributed by atoms with Crippen LogP contribution >= 0.6 is 15.9 Å². The van der Waals surface area contributed by atoms with Crippen LogP contribution in [-0.4, -0.2) is 21.8 Å². The van der Waals surface area contributed by atoms with Gasteiger partial charge in [-0.2, -0.15) is 4.98 Å². The second-order valence-corrected chi connectivity index (χ2v) is 4.15. The lowest BCUT2D eigenvalue weighted by molar-refractivity contribution is 0.696. The fourth-order valence-corrected chi connectivity index (χ4v) is 1.77. The molecular weight excluding hydrogens is 270 g/mol. The van der Waals surface area contributed by atoms with Crippen molar-refractivity contribution >= 4 is 27.8 Å². The Hall–Kier alpha value is -1.56. The molecule has 2 aromatic rings. The van der Waals surface area contributed by atoms with Crippen molar-refractivity contribution in [2.24, 2.45) is 0 Å². The van der Waals surface area contributed by atoms with Crippen LogP contribution in [0.15, 0.2) is 28.7 Å². The summed E-state index contributed by atoms with van der Waals surface area (Å²) in [6, 6.07) is 7.95. The van der Waals surface area contributed by atoms with Gasteiger partial charge in [-0.05, 0) is 11.6 Å². The summed E-state index contributed by atoms with van der Waals surface area (Å²) >= 11 is 3.48. The first kappa shape index (κ1) is 10.9. The SMILES string of the molecule is CNc1nc(N)n(Cc2ccccc2Br)n1. The highest BCUT2D eigenvalue weighted by atomic mass is 79.9. The van der Waals surface area contributed by atoms with E-state index in [0.29, 0.717) is 18.4 Å². The summed E-state index contributed by atoms with van der Waals surface area (Å²) in [7, 11) is 1.76. The lowest BCUT2D eigenvalue weighted by Crippen LogP contribution is -2.06. The molecule has 0 radical (unpaired) electrons. The molecule has 0 atom stereocenters. The number of benzene rings is 1. The van der Waals surface area contributed by atoms with Gasteiger partial charge in [-0.3, -0.25) is 0 Å². The maximum absolute atomic E-state index is 5.75. The highest BCUT2D eigenvalue weighted by molar-refractivity contribution is 9.10. The quantitative estimate of drug-likeness (QED) is 0.899. The summed E-state index contributed by atoms with van der Waals surface area (Å²) in [5.74, 6) is 0.935. The Labute approximate surface area is 102 Å². The number of nitrogens with one attached hydrogen (secondary N) is 1. The van der Waals surface area contributed by atoms with Crippen molar-refractivity contribution in [2.75, 3.05) is 18.1 Å². The minimum atomic E-state index is 0.403. The third kappa shape index (κ3) is 2.16. The summed E-state index contributed by atoms with van der Waals surface area (Å²) in [6.07, 6.45) is 0. The van der Waals surface area contributed by atoms with Crippen LogP contribution in [0.5, 0.6) is 0 Å².